The maximum absolute atomic E-state index is 13.1. The Morgan fingerprint density at radius 3 is 2.20 bits per heavy atom. The van der Waals surface area contributed by atoms with Gasteiger partial charge in [0.1, 0.15) is 17.3 Å². The summed E-state index contributed by atoms with van der Waals surface area (Å²) in [6.45, 7) is -0.398. The first kappa shape index (κ1) is 22.6. The van der Waals surface area contributed by atoms with E-state index in [1.165, 1.54) is 12.1 Å². The number of phenolic OH excluding ortho intramolecular Hbond substituents is 1. The fourth-order valence-corrected chi connectivity index (χ4v) is 3.66. The van der Waals surface area contributed by atoms with Gasteiger partial charge in [-0.2, -0.15) is 0 Å². The number of halogens is 3. The summed E-state index contributed by atoms with van der Waals surface area (Å²) in [5.41, 5.74) is 3.11. The van der Waals surface area contributed by atoms with E-state index >= 15 is 0 Å². The smallest absolute Gasteiger partial charge is 0.319 e. The van der Waals surface area contributed by atoms with Gasteiger partial charge in [-0.1, -0.05) is 47.5 Å². The number of aromatic hydroxyl groups is 1. The molecule has 0 saturated carbocycles. The van der Waals surface area contributed by atoms with Crippen LogP contribution >= 0.6 is 31.5 Å². The molecule has 1 atom stereocenters. The second-order valence-electron chi connectivity index (χ2n) is 6.48. The van der Waals surface area contributed by atoms with E-state index < -0.39 is 15.0 Å². The van der Waals surface area contributed by atoms with Crippen molar-refractivity contribution in [1.29, 1.82) is 0 Å². The van der Waals surface area contributed by atoms with Crippen molar-refractivity contribution in [3.8, 4) is 11.5 Å². The highest BCUT2D eigenvalue weighted by Gasteiger charge is 2.12. The quantitative estimate of drug-likeness (QED) is 0.323. The van der Waals surface area contributed by atoms with E-state index in [0.717, 1.165) is 11.1 Å². The maximum atomic E-state index is 13.1. The zero-order chi connectivity index (χ0) is 21.7. The molecule has 158 valence electrons. The lowest BCUT2D eigenvalue weighted by Gasteiger charge is -2.13. The molecule has 0 fully saturated rings. The number of ether oxygens (including phenoxy) is 1. The van der Waals surface area contributed by atoms with Gasteiger partial charge in [0.05, 0.1) is 0 Å². The third-order valence-electron chi connectivity index (χ3n) is 4.36. The van der Waals surface area contributed by atoms with Crippen molar-refractivity contribution in [2.45, 2.75) is 12.8 Å². The summed E-state index contributed by atoms with van der Waals surface area (Å²) in [5, 5.41) is 10.9. The molecule has 1 unspecified atom stereocenters. The molecule has 2 N–H and O–H groups in total. The lowest BCUT2D eigenvalue weighted by Crippen LogP contribution is -1.99. The highest BCUT2D eigenvalue weighted by molar-refractivity contribution is 7.32. The summed E-state index contributed by atoms with van der Waals surface area (Å²) < 4.78 is 33.4. The first-order valence-electron chi connectivity index (χ1n) is 8.83. The zero-order valence-electron chi connectivity index (χ0n) is 15.6. The summed E-state index contributed by atoms with van der Waals surface area (Å²) in [4.78, 5) is 8.65. The predicted molar refractivity (Wildman–Crippen MR) is 114 cm³/mol. The molecule has 0 amide bonds. The highest BCUT2D eigenvalue weighted by atomic mass is 35.5. The minimum absolute atomic E-state index is 0.146. The van der Waals surface area contributed by atoms with E-state index in [1.807, 2.05) is 6.07 Å². The van der Waals surface area contributed by atoms with Gasteiger partial charge in [0, 0.05) is 22.9 Å². The molecule has 0 radical (unpaired) electrons. The Labute approximate surface area is 183 Å². The van der Waals surface area contributed by atoms with Crippen molar-refractivity contribution in [1.82, 2.24) is 0 Å². The lowest BCUT2D eigenvalue weighted by molar-refractivity contribution is 0.115. The van der Waals surface area contributed by atoms with Crippen molar-refractivity contribution >= 4 is 31.5 Å². The minimum atomic E-state index is -3.08. The van der Waals surface area contributed by atoms with Gasteiger partial charge in [-0.3, -0.25) is 9.09 Å². The van der Waals surface area contributed by atoms with Gasteiger partial charge < -0.3 is 14.7 Å². The van der Waals surface area contributed by atoms with Gasteiger partial charge in [-0.05, 0) is 52.6 Å². The SMILES string of the molecule is O=[PH](O)OCOc1cc(Cl)c(Cc2ccc(O)c(Cc3ccc(F)cc3)c2)c(Cl)c1. The van der Waals surface area contributed by atoms with Crippen LogP contribution in [0, 0.1) is 5.82 Å². The lowest BCUT2D eigenvalue weighted by atomic mass is 9.98. The number of rotatable bonds is 8. The first-order chi connectivity index (χ1) is 14.3. The molecule has 0 aromatic heterocycles. The average molecular weight is 471 g/mol. The summed E-state index contributed by atoms with van der Waals surface area (Å²) in [6.07, 6.45) is 0.859. The second-order valence-corrected chi connectivity index (χ2v) is 8.12. The van der Waals surface area contributed by atoms with E-state index in [0.29, 0.717) is 39.8 Å². The molecule has 5 nitrogen and oxygen atoms in total. The topological polar surface area (TPSA) is 76.0 Å². The Bertz CT molecular complexity index is 1040. The van der Waals surface area contributed by atoms with Crippen LogP contribution in [0.25, 0.3) is 0 Å². The largest absolute Gasteiger partial charge is 0.508 e. The van der Waals surface area contributed by atoms with Crippen LogP contribution in [0.4, 0.5) is 4.39 Å². The Kier molecular flexibility index (Phi) is 7.75. The van der Waals surface area contributed by atoms with Crippen molar-refractivity contribution in [3.05, 3.63) is 92.7 Å². The van der Waals surface area contributed by atoms with Gasteiger partial charge in [0.2, 0.25) is 0 Å². The van der Waals surface area contributed by atoms with Crippen LogP contribution in [0.3, 0.4) is 0 Å². The molecule has 0 aliphatic heterocycles. The predicted octanol–water partition coefficient (Wildman–Crippen LogP) is 5.75. The van der Waals surface area contributed by atoms with Crippen LogP contribution in [0.1, 0.15) is 22.3 Å². The summed E-state index contributed by atoms with van der Waals surface area (Å²) >= 11 is 12.7. The fourth-order valence-electron chi connectivity index (χ4n) is 2.90. The highest BCUT2D eigenvalue weighted by Crippen LogP contribution is 2.33. The van der Waals surface area contributed by atoms with Crippen molar-refractivity contribution in [2.75, 3.05) is 6.79 Å². The monoisotopic (exact) mass is 470 g/mol. The van der Waals surface area contributed by atoms with Gasteiger partial charge in [-0.15, -0.1) is 0 Å². The van der Waals surface area contributed by atoms with E-state index in [-0.39, 0.29) is 11.6 Å². The molecule has 3 aromatic carbocycles. The van der Waals surface area contributed by atoms with Crippen LogP contribution in [-0.4, -0.2) is 16.8 Å². The summed E-state index contributed by atoms with van der Waals surface area (Å²) in [7, 11) is -3.08. The Balaban J connectivity index is 1.77. The van der Waals surface area contributed by atoms with E-state index in [2.05, 4.69) is 4.52 Å². The number of phenols is 1. The van der Waals surface area contributed by atoms with E-state index in [9.17, 15) is 14.1 Å². The second kappa shape index (κ2) is 10.3. The van der Waals surface area contributed by atoms with Crippen LogP contribution in [-0.2, 0) is 21.9 Å². The molecule has 3 aromatic rings. The number of hydrogen-bond donors (Lipinski definition) is 2. The molecular formula is C21H18Cl2FO5P. The summed E-state index contributed by atoms with van der Waals surface area (Å²) in [5.74, 6) is 0.137. The van der Waals surface area contributed by atoms with Crippen molar-refractivity contribution in [3.63, 3.8) is 0 Å². The Hall–Kier alpha value is -2.08. The normalized spacial score (nSPS) is 12.0. The standard InChI is InChI=1S/C21H18Cl2FO5P/c22-19-10-17(28-12-29-30(26)27)11-20(23)18(19)9-14-3-6-21(25)15(8-14)7-13-1-4-16(24)5-2-13/h1-6,8,10-11,25,30H,7,9,12H2,(H,26,27). The molecular weight excluding hydrogens is 453 g/mol. The molecule has 0 aliphatic carbocycles. The molecule has 9 heteroatoms. The third-order valence-corrected chi connectivity index (χ3v) is 5.39. The summed E-state index contributed by atoms with van der Waals surface area (Å²) in [6, 6.07) is 14.4. The van der Waals surface area contributed by atoms with Gasteiger partial charge >= 0.3 is 8.25 Å². The molecule has 3 rings (SSSR count). The van der Waals surface area contributed by atoms with Crippen LogP contribution in [0.15, 0.2) is 54.6 Å². The molecule has 0 aliphatic rings. The van der Waals surface area contributed by atoms with Gasteiger partial charge in [-0.25, -0.2) is 4.39 Å². The molecule has 0 heterocycles. The van der Waals surface area contributed by atoms with Crippen LogP contribution < -0.4 is 4.74 Å². The number of hydrogen-bond acceptors (Lipinski definition) is 4. The van der Waals surface area contributed by atoms with E-state index in [4.69, 9.17) is 32.8 Å². The Morgan fingerprint density at radius 2 is 1.57 bits per heavy atom. The molecule has 0 spiro atoms. The van der Waals surface area contributed by atoms with E-state index in [1.54, 1.807) is 36.4 Å². The van der Waals surface area contributed by atoms with Gasteiger partial charge in [0.15, 0.2) is 6.79 Å². The van der Waals surface area contributed by atoms with Crippen LogP contribution in [0.5, 0.6) is 11.5 Å². The van der Waals surface area contributed by atoms with Crippen molar-refractivity contribution in [2.24, 2.45) is 0 Å². The Morgan fingerprint density at radius 1 is 0.933 bits per heavy atom. The number of benzene rings is 3. The molecule has 0 saturated heterocycles. The van der Waals surface area contributed by atoms with Crippen molar-refractivity contribution < 1.29 is 28.2 Å². The zero-order valence-corrected chi connectivity index (χ0v) is 18.1. The maximum Gasteiger partial charge on any atom is 0.319 e. The third kappa shape index (κ3) is 6.21. The van der Waals surface area contributed by atoms with Gasteiger partial charge in [0.25, 0.3) is 0 Å². The minimum Gasteiger partial charge on any atom is -0.508 e. The fraction of sp³-hybridized carbons (Fsp3) is 0.143. The van der Waals surface area contributed by atoms with Crippen LogP contribution in [0.2, 0.25) is 10.0 Å². The molecule has 0 bridgehead atoms. The average Bonchev–Trinajstić information content (AvgIpc) is 2.68. The molecule has 30 heavy (non-hydrogen) atoms. The first-order valence-corrected chi connectivity index (χ1v) is 10.9.